The molecular formula is C27H33F3N2O. The Morgan fingerprint density at radius 1 is 0.939 bits per heavy atom. The first kappa shape index (κ1) is 25.0. The van der Waals surface area contributed by atoms with Gasteiger partial charge >= 0.3 is 6.18 Å². The van der Waals surface area contributed by atoms with E-state index >= 15 is 0 Å². The van der Waals surface area contributed by atoms with Gasteiger partial charge in [-0.25, -0.2) is 9.98 Å². The largest absolute Gasteiger partial charge is 0.474 e. The Kier molecular flexibility index (Phi) is 7.06. The zero-order valence-corrected chi connectivity index (χ0v) is 20.4. The predicted molar refractivity (Wildman–Crippen MR) is 129 cm³/mol. The maximum Gasteiger partial charge on any atom is 0.416 e. The molecule has 0 fully saturated rings. The van der Waals surface area contributed by atoms with E-state index in [1.165, 1.54) is 12.1 Å². The first-order valence-electron chi connectivity index (χ1n) is 11.4. The van der Waals surface area contributed by atoms with Gasteiger partial charge in [0.2, 0.25) is 5.90 Å². The van der Waals surface area contributed by atoms with Crippen molar-refractivity contribution in [1.82, 2.24) is 0 Å². The lowest BCUT2D eigenvalue weighted by atomic mass is 9.88. The van der Waals surface area contributed by atoms with Crippen LogP contribution in [-0.2, 0) is 10.9 Å². The van der Waals surface area contributed by atoms with Crippen molar-refractivity contribution < 1.29 is 17.9 Å². The van der Waals surface area contributed by atoms with Crippen LogP contribution in [0, 0.1) is 5.41 Å². The fourth-order valence-corrected chi connectivity index (χ4v) is 3.75. The number of alkyl halides is 3. The van der Waals surface area contributed by atoms with Crippen molar-refractivity contribution in [3.05, 3.63) is 64.7 Å². The van der Waals surface area contributed by atoms with Crippen LogP contribution in [0.25, 0.3) is 0 Å². The summed E-state index contributed by atoms with van der Waals surface area (Å²) in [6.07, 6.45) is -4.40. The van der Waals surface area contributed by atoms with Gasteiger partial charge in [0, 0.05) is 5.56 Å². The lowest BCUT2D eigenvalue weighted by molar-refractivity contribution is -0.137. The number of para-hydroxylation sites is 1. The Morgan fingerprint density at radius 2 is 1.48 bits per heavy atom. The molecule has 3 nitrogen and oxygen atoms in total. The minimum atomic E-state index is -4.40. The summed E-state index contributed by atoms with van der Waals surface area (Å²) < 4.78 is 45.4. The number of hydrogen-bond acceptors (Lipinski definition) is 3. The van der Waals surface area contributed by atoms with E-state index in [0.717, 1.165) is 28.9 Å². The maximum atomic E-state index is 13.2. The average Bonchev–Trinajstić information content (AvgIpc) is 3.21. The zero-order valence-electron chi connectivity index (χ0n) is 20.4. The van der Waals surface area contributed by atoms with Crippen molar-refractivity contribution in [1.29, 1.82) is 0 Å². The summed E-state index contributed by atoms with van der Waals surface area (Å²) in [6, 6.07) is 11.1. The van der Waals surface area contributed by atoms with Crippen LogP contribution in [0.4, 0.5) is 18.9 Å². The number of rotatable bonds is 5. The lowest BCUT2D eigenvalue weighted by Gasteiger charge is -2.21. The summed E-state index contributed by atoms with van der Waals surface area (Å²) in [6.45, 7) is 15.1. The van der Waals surface area contributed by atoms with Gasteiger partial charge in [0.05, 0.1) is 17.3 Å². The van der Waals surface area contributed by atoms with Crippen LogP contribution >= 0.6 is 0 Å². The molecule has 0 saturated carbocycles. The van der Waals surface area contributed by atoms with Crippen molar-refractivity contribution in [2.75, 3.05) is 6.61 Å². The minimum Gasteiger partial charge on any atom is -0.474 e. The molecule has 178 valence electrons. The third kappa shape index (κ3) is 5.66. The van der Waals surface area contributed by atoms with Gasteiger partial charge in [-0.3, -0.25) is 0 Å². The second-order valence-corrected chi connectivity index (χ2v) is 10.3. The molecule has 0 saturated heterocycles. The summed E-state index contributed by atoms with van der Waals surface area (Å²) in [5.74, 6) is 0.832. The number of benzene rings is 2. The van der Waals surface area contributed by atoms with E-state index in [0.29, 0.717) is 23.8 Å². The summed E-state index contributed by atoms with van der Waals surface area (Å²) in [4.78, 5) is 9.84. The number of aliphatic imine (C=N–C) groups is 2. The van der Waals surface area contributed by atoms with Crippen molar-refractivity contribution in [3.8, 4) is 0 Å². The van der Waals surface area contributed by atoms with Crippen molar-refractivity contribution in [2.45, 2.75) is 72.5 Å². The molecule has 2 aromatic carbocycles. The maximum absolute atomic E-state index is 13.2. The van der Waals surface area contributed by atoms with Gasteiger partial charge in [0.25, 0.3) is 0 Å². The summed E-state index contributed by atoms with van der Waals surface area (Å²) in [5, 5.41) is 0. The molecule has 3 rings (SSSR count). The summed E-state index contributed by atoms with van der Waals surface area (Å²) >= 11 is 0. The molecular weight excluding hydrogens is 425 g/mol. The van der Waals surface area contributed by atoms with Gasteiger partial charge in [-0.15, -0.1) is 0 Å². The third-order valence-corrected chi connectivity index (χ3v) is 5.90. The lowest BCUT2D eigenvalue weighted by Crippen LogP contribution is -2.25. The molecule has 0 unspecified atom stereocenters. The minimum absolute atomic E-state index is 0.0583. The van der Waals surface area contributed by atoms with Crippen LogP contribution < -0.4 is 0 Å². The second-order valence-electron chi connectivity index (χ2n) is 10.3. The number of hydrogen-bond donors (Lipinski definition) is 0. The summed E-state index contributed by atoms with van der Waals surface area (Å²) in [5.41, 5.74) is 3.20. The van der Waals surface area contributed by atoms with E-state index < -0.39 is 11.7 Å². The van der Waals surface area contributed by atoms with Gasteiger partial charge in [-0.05, 0) is 40.5 Å². The normalized spacial score (nSPS) is 17.5. The van der Waals surface area contributed by atoms with E-state index in [4.69, 9.17) is 14.7 Å². The van der Waals surface area contributed by atoms with Crippen LogP contribution in [0.1, 0.15) is 82.6 Å². The molecule has 0 spiro atoms. The Hall–Kier alpha value is -2.63. The summed E-state index contributed by atoms with van der Waals surface area (Å²) in [7, 11) is 0. The standard InChI is InChI=1S/C27H33F3N2O/c1-16(2)20-9-8-10-21(17(3)4)24(20)32-23(25-31-22(15-33-25)26(5,6)7)18-11-13-19(14-12-18)27(28,29)30/h8-14,16-17,22H,15H2,1-7H3/b32-23+/t22-/m1/s1. The van der Waals surface area contributed by atoms with Crippen LogP contribution in [0.5, 0.6) is 0 Å². The van der Waals surface area contributed by atoms with E-state index in [1.54, 1.807) is 0 Å². The average molecular weight is 459 g/mol. The molecule has 1 atom stereocenters. The molecule has 0 aromatic heterocycles. The highest BCUT2D eigenvalue weighted by molar-refractivity contribution is 6.46. The molecule has 2 aromatic rings. The van der Waals surface area contributed by atoms with Gasteiger partial charge in [0.15, 0.2) is 0 Å². The molecule has 1 aliphatic rings. The quantitative estimate of drug-likeness (QED) is 0.419. The van der Waals surface area contributed by atoms with Crippen LogP contribution in [0.15, 0.2) is 52.4 Å². The first-order valence-corrected chi connectivity index (χ1v) is 11.4. The predicted octanol–water partition coefficient (Wildman–Crippen LogP) is 7.92. The van der Waals surface area contributed by atoms with Crippen molar-refractivity contribution in [2.24, 2.45) is 15.4 Å². The SMILES string of the molecule is CC(C)c1cccc(C(C)C)c1/N=C(/C1=N[C@@H](C(C)(C)C)CO1)c1ccc(C(F)(F)F)cc1. The topological polar surface area (TPSA) is 34.0 Å². The molecule has 0 amide bonds. The molecule has 1 aliphatic heterocycles. The van der Waals surface area contributed by atoms with Crippen LogP contribution in [-0.4, -0.2) is 24.3 Å². The second kappa shape index (κ2) is 9.32. The highest BCUT2D eigenvalue weighted by Gasteiger charge is 2.34. The molecule has 1 heterocycles. The number of nitrogens with zero attached hydrogens (tertiary/aromatic N) is 2. The van der Waals surface area contributed by atoms with Crippen molar-refractivity contribution in [3.63, 3.8) is 0 Å². The molecule has 6 heteroatoms. The Bertz CT molecular complexity index is 1020. The van der Waals surface area contributed by atoms with Crippen LogP contribution in [0.2, 0.25) is 0 Å². The third-order valence-electron chi connectivity index (χ3n) is 5.90. The smallest absolute Gasteiger partial charge is 0.416 e. The highest BCUT2D eigenvalue weighted by Crippen LogP contribution is 2.36. The highest BCUT2D eigenvalue weighted by atomic mass is 19.4. The fraction of sp³-hybridized carbons (Fsp3) is 0.481. The van der Waals surface area contributed by atoms with Crippen LogP contribution in [0.3, 0.4) is 0 Å². The zero-order chi connectivity index (χ0) is 24.6. The van der Waals surface area contributed by atoms with Crippen molar-refractivity contribution >= 4 is 17.3 Å². The molecule has 0 N–H and O–H groups in total. The Morgan fingerprint density at radius 3 is 1.91 bits per heavy atom. The van der Waals surface area contributed by atoms with Gasteiger partial charge in [0.1, 0.15) is 12.3 Å². The van der Waals surface area contributed by atoms with Gasteiger partial charge in [-0.2, -0.15) is 13.2 Å². The molecule has 0 aliphatic carbocycles. The van der Waals surface area contributed by atoms with E-state index in [1.807, 2.05) is 6.07 Å². The molecule has 0 radical (unpaired) electrons. The Labute approximate surface area is 194 Å². The first-order chi connectivity index (χ1) is 15.3. The van der Waals surface area contributed by atoms with Gasteiger partial charge < -0.3 is 4.74 Å². The Balaban J connectivity index is 2.22. The van der Waals surface area contributed by atoms with Gasteiger partial charge in [-0.1, -0.05) is 78.8 Å². The fourth-order valence-electron chi connectivity index (χ4n) is 3.75. The monoisotopic (exact) mass is 458 g/mol. The number of ether oxygens (including phenoxy) is 1. The van der Waals surface area contributed by atoms with E-state index in [-0.39, 0.29) is 23.3 Å². The van der Waals surface area contributed by atoms with E-state index in [2.05, 4.69) is 60.6 Å². The van der Waals surface area contributed by atoms with E-state index in [9.17, 15) is 13.2 Å². The molecule has 0 bridgehead atoms. The molecule has 33 heavy (non-hydrogen) atoms. The number of halogens is 3.